The van der Waals surface area contributed by atoms with Gasteiger partial charge in [0.1, 0.15) is 5.82 Å². The number of halogens is 3. The molecule has 0 aliphatic rings. The number of amides is 1. The quantitative estimate of drug-likeness (QED) is 0.816. The molecule has 0 aliphatic carbocycles. The van der Waals surface area contributed by atoms with Gasteiger partial charge in [0.05, 0.1) is 10.0 Å². The first-order valence-corrected chi connectivity index (χ1v) is 7.28. The van der Waals surface area contributed by atoms with Gasteiger partial charge in [-0.2, -0.15) is 0 Å². The number of benzene rings is 2. The molecule has 0 spiro atoms. The fourth-order valence-corrected chi connectivity index (χ4v) is 2.32. The number of carbonyl (C=O) groups excluding carboxylic acids is 1. The van der Waals surface area contributed by atoms with Crippen molar-refractivity contribution < 1.29 is 13.9 Å². The van der Waals surface area contributed by atoms with Crippen molar-refractivity contribution in [3.05, 3.63) is 63.9 Å². The van der Waals surface area contributed by atoms with E-state index in [1.165, 1.54) is 17.0 Å². The van der Waals surface area contributed by atoms with E-state index in [-0.39, 0.29) is 24.1 Å². The summed E-state index contributed by atoms with van der Waals surface area (Å²) in [5.41, 5.74) is 0.827. The van der Waals surface area contributed by atoms with Crippen LogP contribution in [0.1, 0.15) is 5.56 Å². The Bertz CT molecular complexity index is 641. The molecule has 0 bridgehead atoms. The Morgan fingerprint density at radius 1 is 1.14 bits per heavy atom. The van der Waals surface area contributed by atoms with Crippen molar-refractivity contribution in [2.24, 2.45) is 0 Å². The first-order valence-electron chi connectivity index (χ1n) is 6.52. The van der Waals surface area contributed by atoms with E-state index >= 15 is 0 Å². The molecular weight excluding hydrogens is 328 g/mol. The lowest BCUT2D eigenvalue weighted by molar-refractivity contribution is -0.132. The minimum absolute atomic E-state index is 0.179. The Labute approximate surface area is 138 Å². The van der Waals surface area contributed by atoms with Gasteiger partial charge in [-0.3, -0.25) is 4.79 Å². The van der Waals surface area contributed by atoms with E-state index in [0.717, 1.165) is 5.56 Å². The molecule has 2 aromatic carbocycles. The summed E-state index contributed by atoms with van der Waals surface area (Å²) in [7, 11) is 1.64. The lowest BCUT2D eigenvalue weighted by Crippen LogP contribution is -2.31. The zero-order valence-corrected chi connectivity index (χ0v) is 13.4. The molecule has 2 aromatic rings. The number of hydrogen-bond donors (Lipinski definition) is 0. The number of carbonyl (C=O) groups is 1. The van der Waals surface area contributed by atoms with Gasteiger partial charge in [-0.25, -0.2) is 4.39 Å². The van der Waals surface area contributed by atoms with Crippen LogP contribution in [0.15, 0.2) is 42.5 Å². The maximum Gasteiger partial charge on any atom is 0.260 e. The van der Waals surface area contributed by atoms with Crippen LogP contribution in [-0.4, -0.2) is 24.5 Å². The SMILES string of the molecule is CN(Cc1ccc(F)cc1)C(=O)COc1c(Cl)cccc1Cl. The van der Waals surface area contributed by atoms with Crippen molar-refractivity contribution >= 4 is 29.1 Å². The first-order chi connectivity index (χ1) is 10.5. The van der Waals surface area contributed by atoms with E-state index in [1.54, 1.807) is 37.4 Å². The molecule has 3 nitrogen and oxygen atoms in total. The highest BCUT2D eigenvalue weighted by molar-refractivity contribution is 6.37. The average molecular weight is 342 g/mol. The molecule has 0 unspecified atom stereocenters. The van der Waals surface area contributed by atoms with E-state index in [9.17, 15) is 9.18 Å². The molecule has 0 aliphatic heterocycles. The molecule has 22 heavy (non-hydrogen) atoms. The van der Waals surface area contributed by atoms with E-state index in [4.69, 9.17) is 27.9 Å². The summed E-state index contributed by atoms with van der Waals surface area (Å²) < 4.78 is 18.2. The van der Waals surface area contributed by atoms with Crippen LogP contribution in [0.2, 0.25) is 10.0 Å². The highest BCUT2D eigenvalue weighted by Crippen LogP contribution is 2.32. The summed E-state index contributed by atoms with van der Waals surface area (Å²) in [6, 6.07) is 10.9. The van der Waals surface area contributed by atoms with Gasteiger partial charge in [0.25, 0.3) is 5.91 Å². The molecule has 0 fully saturated rings. The van der Waals surface area contributed by atoms with Gasteiger partial charge in [-0.15, -0.1) is 0 Å². The molecule has 0 saturated carbocycles. The number of hydrogen-bond acceptors (Lipinski definition) is 2. The zero-order chi connectivity index (χ0) is 16.1. The Kier molecular flexibility index (Phi) is 5.63. The second-order valence-electron chi connectivity index (χ2n) is 4.72. The van der Waals surface area contributed by atoms with Crippen LogP contribution in [0.4, 0.5) is 4.39 Å². The van der Waals surface area contributed by atoms with E-state index in [1.807, 2.05) is 0 Å². The summed E-state index contributed by atoms with van der Waals surface area (Å²) >= 11 is 11.9. The number of ether oxygens (including phenoxy) is 1. The molecule has 0 N–H and O–H groups in total. The van der Waals surface area contributed by atoms with Gasteiger partial charge in [0.15, 0.2) is 12.4 Å². The summed E-state index contributed by atoms with van der Waals surface area (Å²) in [4.78, 5) is 13.5. The van der Waals surface area contributed by atoms with Crippen molar-refractivity contribution in [3.8, 4) is 5.75 Å². The topological polar surface area (TPSA) is 29.5 Å². The molecule has 0 heterocycles. The maximum atomic E-state index is 12.8. The monoisotopic (exact) mass is 341 g/mol. The molecule has 116 valence electrons. The van der Waals surface area contributed by atoms with Crippen molar-refractivity contribution in [2.75, 3.05) is 13.7 Å². The van der Waals surface area contributed by atoms with Crippen LogP contribution in [-0.2, 0) is 11.3 Å². The van der Waals surface area contributed by atoms with Crippen molar-refractivity contribution in [1.29, 1.82) is 0 Å². The largest absolute Gasteiger partial charge is 0.481 e. The van der Waals surface area contributed by atoms with E-state index in [2.05, 4.69) is 0 Å². The Hall–Kier alpha value is -1.78. The molecule has 0 atom stereocenters. The fraction of sp³-hybridized carbons (Fsp3) is 0.188. The molecule has 1 amide bonds. The normalized spacial score (nSPS) is 10.4. The second kappa shape index (κ2) is 7.47. The lowest BCUT2D eigenvalue weighted by Gasteiger charge is -2.18. The number of likely N-dealkylation sites (N-methyl/N-ethyl adjacent to an activating group) is 1. The highest BCUT2D eigenvalue weighted by atomic mass is 35.5. The molecule has 0 aromatic heterocycles. The van der Waals surface area contributed by atoms with Gasteiger partial charge in [-0.05, 0) is 29.8 Å². The van der Waals surface area contributed by atoms with Gasteiger partial charge >= 0.3 is 0 Å². The van der Waals surface area contributed by atoms with Crippen LogP contribution in [0, 0.1) is 5.82 Å². The van der Waals surface area contributed by atoms with Crippen LogP contribution >= 0.6 is 23.2 Å². The summed E-state index contributed by atoms with van der Waals surface area (Å²) in [6.07, 6.45) is 0. The van der Waals surface area contributed by atoms with Crippen molar-refractivity contribution in [1.82, 2.24) is 4.90 Å². The minimum Gasteiger partial charge on any atom is -0.481 e. The third-order valence-corrected chi connectivity index (χ3v) is 3.61. The Balaban J connectivity index is 1.93. The summed E-state index contributed by atoms with van der Waals surface area (Å²) in [6.45, 7) is 0.180. The maximum absolute atomic E-state index is 12.8. The van der Waals surface area contributed by atoms with Crippen LogP contribution < -0.4 is 4.74 Å². The van der Waals surface area contributed by atoms with Gasteiger partial charge in [-0.1, -0.05) is 41.4 Å². The second-order valence-corrected chi connectivity index (χ2v) is 5.53. The molecule has 6 heteroatoms. The average Bonchev–Trinajstić information content (AvgIpc) is 2.48. The summed E-state index contributed by atoms with van der Waals surface area (Å²) in [5.74, 6) is -0.260. The molecule has 0 radical (unpaired) electrons. The van der Waals surface area contributed by atoms with Gasteiger partial charge in [0.2, 0.25) is 0 Å². The lowest BCUT2D eigenvalue weighted by atomic mass is 10.2. The van der Waals surface area contributed by atoms with Crippen molar-refractivity contribution in [2.45, 2.75) is 6.54 Å². The Morgan fingerprint density at radius 3 is 2.32 bits per heavy atom. The molecular formula is C16H14Cl2FNO2. The fourth-order valence-electron chi connectivity index (χ4n) is 1.82. The third kappa shape index (κ3) is 4.36. The van der Waals surface area contributed by atoms with Crippen LogP contribution in [0.3, 0.4) is 0 Å². The predicted molar refractivity (Wildman–Crippen MR) is 84.8 cm³/mol. The molecule has 0 saturated heterocycles. The van der Waals surface area contributed by atoms with E-state index in [0.29, 0.717) is 16.6 Å². The number of rotatable bonds is 5. The number of para-hydroxylation sites is 1. The summed E-state index contributed by atoms with van der Waals surface area (Å²) in [5, 5.41) is 0.697. The van der Waals surface area contributed by atoms with Gasteiger partial charge < -0.3 is 9.64 Å². The minimum atomic E-state index is -0.311. The Morgan fingerprint density at radius 2 is 1.73 bits per heavy atom. The van der Waals surface area contributed by atoms with E-state index < -0.39 is 0 Å². The smallest absolute Gasteiger partial charge is 0.260 e. The predicted octanol–water partition coefficient (Wildman–Crippen LogP) is 4.17. The van der Waals surface area contributed by atoms with Crippen LogP contribution in [0.5, 0.6) is 5.75 Å². The van der Waals surface area contributed by atoms with Crippen LogP contribution in [0.25, 0.3) is 0 Å². The zero-order valence-electron chi connectivity index (χ0n) is 11.9. The first kappa shape index (κ1) is 16.6. The van der Waals surface area contributed by atoms with Gasteiger partial charge in [0, 0.05) is 13.6 Å². The highest BCUT2D eigenvalue weighted by Gasteiger charge is 2.13. The third-order valence-electron chi connectivity index (χ3n) is 3.02. The molecule has 2 rings (SSSR count). The number of nitrogens with zero attached hydrogens (tertiary/aromatic N) is 1. The van der Waals surface area contributed by atoms with Crippen molar-refractivity contribution in [3.63, 3.8) is 0 Å². The standard InChI is InChI=1S/C16H14Cl2FNO2/c1-20(9-11-5-7-12(19)8-6-11)15(21)10-22-16-13(17)3-2-4-14(16)18/h2-8H,9-10H2,1H3.